The van der Waals surface area contributed by atoms with Crippen molar-refractivity contribution in [3.05, 3.63) is 95.1 Å². The van der Waals surface area contributed by atoms with Crippen LogP contribution < -0.4 is 20.5 Å². The number of methoxy groups -OCH3 is 2. The Bertz CT molecular complexity index is 1970. The van der Waals surface area contributed by atoms with Crippen LogP contribution in [0.5, 0.6) is 11.5 Å². The number of benzene rings is 4. The second kappa shape index (κ2) is 21.5. The number of rotatable bonds is 12. The standard InChI is InChI=1S/C35H53O2P.C13H13NO3S.Pd/c1-23(2)26-21-29(24(3)4)33(30(22-26)25(5)6)34-31(36-7)19-20-32(37-8)35(34)38(27-15-11-9-12-16-27)28-17-13-10-14-18-28;14-13-8-4-3-7-12(13)11-6-2-1-5-10(11)9-18(15,16)17;/h19-25,27-28H,9-18H2,1-8H3;1-8H,9,14H2,(H,15,16,17);. The molecule has 0 heterocycles. The van der Waals surface area contributed by atoms with Crippen LogP contribution in [-0.4, -0.2) is 38.5 Å². The number of nitrogens with two attached hydrogens (primary N) is 1. The van der Waals surface area contributed by atoms with Crippen molar-refractivity contribution >= 4 is 29.0 Å². The van der Waals surface area contributed by atoms with Crippen LogP contribution in [0.1, 0.15) is 146 Å². The fourth-order valence-corrected chi connectivity index (χ4v) is 13.6. The van der Waals surface area contributed by atoms with Crippen molar-refractivity contribution in [2.45, 2.75) is 141 Å². The molecule has 0 aromatic heterocycles. The summed E-state index contributed by atoms with van der Waals surface area (Å²) in [6, 6.07) is 23.6. The van der Waals surface area contributed by atoms with E-state index in [9.17, 15) is 8.42 Å². The molecular weight excluding hydrogens is 840 g/mol. The fraction of sp³-hybridized carbons (Fsp3) is 0.500. The molecule has 314 valence electrons. The van der Waals surface area contributed by atoms with Gasteiger partial charge in [-0.2, -0.15) is 8.42 Å². The quantitative estimate of drug-likeness (QED) is 0.0636. The second-order valence-corrected chi connectivity index (χ2v) is 20.9. The molecule has 6 nitrogen and oxygen atoms in total. The Hall–Kier alpha value is -2.72. The Morgan fingerprint density at radius 3 is 1.60 bits per heavy atom. The van der Waals surface area contributed by atoms with Crippen LogP contribution in [0.3, 0.4) is 0 Å². The van der Waals surface area contributed by atoms with Gasteiger partial charge >= 0.3 is 0 Å². The molecule has 0 saturated heterocycles. The molecule has 3 N–H and O–H groups in total. The van der Waals surface area contributed by atoms with Crippen LogP contribution in [-0.2, 0) is 36.3 Å². The van der Waals surface area contributed by atoms with E-state index in [1.165, 1.54) is 97.3 Å². The number of ether oxygens (including phenoxy) is 2. The molecule has 4 aromatic carbocycles. The monoisotopic (exact) mass is 905 g/mol. The van der Waals surface area contributed by atoms with Crippen molar-refractivity contribution in [2.24, 2.45) is 0 Å². The van der Waals surface area contributed by atoms with Gasteiger partial charge in [-0.05, 0) is 106 Å². The molecule has 0 aliphatic heterocycles. The predicted octanol–water partition coefficient (Wildman–Crippen LogP) is 12.8. The predicted molar refractivity (Wildman–Crippen MR) is 239 cm³/mol. The van der Waals surface area contributed by atoms with Crippen LogP contribution >= 0.6 is 7.92 Å². The molecule has 2 saturated carbocycles. The summed E-state index contributed by atoms with van der Waals surface area (Å²) in [5.41, 5.74) is 17.2. The van der Waals surface area contributed by atoms with E-state index in [1.807, 2.05) is 32.4 Å². The number of hydrogen-bond donors (Lipinski definition) is 2. The van der Waals surface area contributed by atoms with Crippen molar-refractivity contribution in [1.29, 1.82) is 0 Å². The first-order valence-corrected chi connectivity index (χ1v) is 23.9. The molecule has 0 unspecified atom stereocenters. The molecule has 0 radical (unpaired) electrons. The fourth-order valence-electron chi connectivity index (χ4n) is 8.86. The van der Waals surface area contributed by atoms with E-state index < -0.39 is 15.9 Å². The van der Waals surface area contributed by atoms with E-state index in [0.717, 1.165) is 28.4 Å². The van der Waals surface area contributed by atoms with Gasteiger partial charge in [0.15, 0.2) is 0 Å². The normalized spacial score (nSPS) is 15.4. The first-order valence-electron chi connectivity index (χ1n) is 20.8. The van der Waals surface area contributed by atoms with Crippen molar-refractivity contribution in [2.75, 3.05) is 20.0 Å². The maximum Gasteiger partial charge on any atom is 0.269 e. The molecule has 0 amide bonds. The van der Waals surface area contributed by atoms with Crippen LogP contribution in [0, 0.1) is 0 Å². The molecule has 4 aromatic rings. The van der Waals surface area contributed by atoms with Crippen molar-refractivity contribution in [1.82, 2.24) is 0 Å². The van der Waals surface area contributed by atoms with Gasteiger partial charge in [0.05, 0.1) is 14.2 Å². The Labute approximate surface area is 359 Å². The van der Waals surface area contributed by atoms with Crippen molar-refractivity contribution in [3.8, 4) is 33.8 Å². The maximum absolute atomic E-state index is 11.0. The summed E-state index contributed by atoms with van der Waals surface area (Å²) < 4.78 is 43.5. The Balaban J connectivity index is 0.000000317. The summed E-state index contributed by atoms with van der Waals surface area (Å²) in [6.07, 6.45) is 13.8. The van der Waals surface area contributed by atoms with E-state index in [4.69, 9.17) is 19.8 Å². The van der Waals surface area contributed by atoms with E-state index in [1.54, 1.807) is 30.3 Å². The maximum atomic E-state index is 11.0. The first kappa shape index (κ1) is 47.0. The smallest absolute Gasteiger partial charge is 0.269 e. The Morgan fingerprint density at radius 1 is 0.667 bits per heavy atom. The molecule has 57 heavy (non-hydrogen) atoms. The van der Waals surface area contributed by atoms with Gasteiger partial charge in [-0.3, -0.25) is 4.55 Å². The third-order valence-corrected chi connectivity index (χ3v) is 16.0. The van der Waals surface area contributed by atoms with Gasteiger partial charge in [0, 0.05) is 42.5 Å². The minimum atomic E-state index is -4.06. The molecule has 6 rings (SSSR count). The number of anilines is 1. The summed E-state index contributed by atoms with van der Waals surface area (Å²) in [5, 5.41) is 1.52. The zero-order valence-electron chi connectivity index (χ0n) is 35.4. The molecule has 2 aliphatic rings. The topological polar surface area (TPSA) is 98.9 Å². The second-order valence-electron chi connectivity index (χ2n) is 16.7. The number of hydrogen-bond acceptors (Lipinski definition) is 5. The van der Waals surface area contributed by atoms with Gasteiger partial charge < -0.3 is 15.2 Å². The Morgan fingerprint density at radius 2 is 1.14 bits per heavy atom. The molecule has 0 bridgehead atoms. The van der Waals surface area contributed by atoms with E-state index in [0.29, 0.717) is 34.6 Å². The summed E-state index contributed by atoms with van der Waals surface area (Å²) >= 11 is 0. The minimum absolute atomic E-state index is 0. The average molecular weight is 907 g/mol. The molecule has 2 fully saturated rings. The van der Waals surface area contributed by atoms with E-state index in [-0.39, 0.29) is 28.3 Å². The van der Waals surface area contributed by atoms with Gasteiger partial charge in [0.1, 0.15) is 17.3 Å². The van der Waals surface area contributed by atoms with E-state index >= 15 is 0 Å². The largest absolute Gasteiger partial charge is 0.496 e. The van der Waals surface area contributed by atoms with Crippen molar-refractivity contribution < 1.29 is 42.9 Å². The zero-order chi connectivity index (χ0) is 40.6. The van der Waals surface area contributed by atoms with Gasteiger partial charge in [-0.25, -0.2) is 0 Å². The summed E-state index contributed by atoms with van der Waals surface area (Å²) in [4.78, 5) is 0. The van der Waals surface area contributed by atoms with Crippen LogP contribution in [0.25, 0.3) is 22.3 Å². The van der Waals surface area contributed by atoms with Crippen LogP contribution in [0.2, 0.25) is 0 Å². The van der Waals surface area contributed by atoms with E-state index in [2.05, 4.69) is 65.8 Å². The van der Waals surface area contributed by atoms with Crippen LogP contribution in [0.4, 0.5) is 5.69 Å². The number of para-hydroxylation sites is 1. The third kappa shape index (κ3) is 11.7. The Kier molecular flexibility index (Phi) is 17.7. The van der Waals surface area contributed by atoms with Gasteiger partial charge in [0.25, 0.3) is 10.1 Å². The van der Waals surface area contributed by atoms with Gasteiger partial charge in [0.2, 0.25) is 0 Å². The SMILES string of the molecule is COc1ccc(OC)c(P(C2CCCCC2)C2CCCCC2)c1-c1c(C(C)C)cc(C(C)C)cc1C(C)C.Nc1ccccc1-c1ccccc1CS(=O)(=O)O.[Pd]. The summed E-state index contributed by atoms with van der Waals surface area (Å²) in [6.45, 7) is 14.1. The summed E-state index contributed by atoms with van der Waals surface area (Å²) in [5.74, 6) is 3.08. The molecule has 0 atom stereocenters. The number of nitrogen functional groups attached to an aromatic ring is 1. The minimum Gasteiger partial charge on any atom is -0.496 e. The molecule has 2 aliphatic carbocycles. The molecule has 0 spiro atoms. The summed E-state index contributed by atoms with van der Waals surface area (Å²) in [7, 11) is -0.681. The van der Waals surface area contributed by atoms with Gasteiger partial charge in [-0.15, -0.1) is 0 Å². The zero-order valence-corrected chi connectivity index (χ0v) is 38.7. The molecule has 9 heteroatoms. The third-order valence-electron chi connectivity index (χ3n) is 11.7. The average Bonchev–Trinajstić information content (AvgIpc) is 3.18. The van der Waals surface area contributed by atoms with Crippen LogP contribution in [0.15, 0.2) is 72.8 Å². The molecular formula is C48H66NO5PPdS. The van der Waals surface area contributed by atoms with Gasteiger partial charge in [-0.1, -0.05) is 143 Å². The van der Waals surface area contributed by atoms with Crippen molar-refractivity contribution in [3.63, 3.8) is 0 Å². The first-order chi connectivity index (χ1) is 26.7.